The Bertz CT molecular complexity index is 437. The van der Waals surface area contributed by atoms with Gasteiger partial charge in [-0.1, -0.05) is 13.0 Å². The van der Waals surface area contributed by atoms with E-state index in [1.807, 2.05) is 6.92 Å². The molecule has 5 nitrogen and oxygen atoms in total. The molecule has 0 fully saturated rings. The number of nitrogens with zero attached hydrogens (tertiary/aromatic N) is 1. The van der Waals surface area contributed by atoms with E-state index in [1.54, 1.807) is 31.5 Å². The number of hydrogen-bond donors (Lipinski definition) is 2. The summed E-state index contributed by atoms with van der Waals surface area (Å²) in [5.41, 5.74) is 0.382. The lowest BCUT2D eigenvalue weighted by Crippen LogP contribution is -2.28. The molecule has 0 radical (unpaired) electrons. The first-order valence-electron chi connectivity index (χ1n) is 5.80. The Morgan fingerprint density at radius 2 is 2.22 bits per heavy atom. The van der Waals surface area contributed by atoms with E-state index in [1.165, 1.54) is 0 Å². The minimum atomic E-state index is -0.852. The quantitative estimate of drug-likeness (QED) is 0.808. The van der Waals surface area contributed by atoms with Gasteiger partial charge in [0.05, 0.1) is 0 Å². The number of amides is 1. The van der Waals surface area contributed by atoms with Gasteiger partial charge >= 0.3 is 0 Å². The van der Waals surface area contributed by atoms with E-state index in [2.05, 4.69) is 15.6 Å². The van der Waals surface area contributed by atoms with Crippen LogP contribution in [-0.2, 0) is 10.8 Å². The largest absolute Gasteiger partial charge is 0.373 e. The van der Waals surface area contributed by atoms with Crippen LogP contribution >= 0.6 is 0 Å². The van der Waals surface area contributed by atoms with Crippen LogP contribution < -0.4 is 10.6 Å². The van der Waals surface area contributed by atoms with Crippen LogP contribution in [0, 0.1) is 0 Å². The number of hydrogen-bond acceptors (Lipinski definition) is 4. The molecule has 100 valence electrons. The molecule has 2 unspecified atom stereocenters. The molecule has 2 atom stereocenters. The maximum atomic E-state index is 11.8. The smallest absolute Gasteiger partial charge is 0.269 e. The number of pyridine rings is 1. The standard InChI is InChI=1S/C12H19N3O2S/c1-9(18(3)17)7-8-14-12(16)10-5-4-6-11(13-2)15-10/h4-6,9H,7-8H2,1-3H3,(H,13,15)(H,14,16). The number of carbonyl (C=O) groups excluding carboxylic acids is 1. The molecule has 0 aliphatic heterocycles. The Morgan fingerprint density at radius 1 is 1.50 bits per heavy atom. The molecule has 0 aliphatic carbocycles. The molecule has 0 aliphatic rings. The lowest BCUT2D eigenvalue weighted by atomic mass is 10.3. The van der Waals surface area contributed by atoms with Gasteiger partial charge < -0.3 is 10.6 Å². The Balaban J connectivity index is 2.47. The first-order chi connectivity index (χ1) is 8.54. The van der Waals surface area contributed by atoms with Crippen LogP contribution in [0.25, 0.3) is 0 Å². The van der Waals surface area contributed by atoms with Gasteiger partial charge in [0.1, 0.15) is 11.5 Å². The van der Waals surface area contributed by atoms with Gasteiger partial charge in [-0.3, -0.25) is 9.00 Å². The summed E-state index contributed by atoms with van der Waals surface area (Å²) in [6.45, 7) is 2.41. The van der Waals surface area contributed by atoms with Crippen LogP contribution in [0.2, 0.25) is 0 Å². The highest BCUT2D eigenvalue weighted by Gasteiger charge is 2.09. The maximum absolute atomic E-state index is 11.8. The van der Waals surface area contributed by atoms with Gasteiger partial charge in [-0.05, 0) is 18.6 Å². The van der Waals surface area contributed by atoms with E-state index in [0.29, 0.717) is 24.5 Å². The number of carbonyl (C=O) groups is 1. The molecule has 0 spiro atoms. The highest BCUT2D eigenvalue weighted by Crippen LogP contribution is 2.04. The summed E-state index contributed by atoms with van der Waals surface area (Å²) in [4.78, 5) is 15.9. The third-order valence-corrected chi connectivity index (χ3v) is 4.01. The van der Waals surface area contributed by atoms with Gasteiger partial charge in [0.2, 0.25) is 0 Å². The van der Waals surface area contributed by atoms with Crippen LogP contribution in [0.3, 0.4) is 0 Å². The number of rotatable bonds is 6. The lowest BCUT2D eigenvalue weighted by Gasteiger charge is -2.09. The zero-order valence-electron chi connectivity index (χ0n) is 10.9. The minimum absolute atomic E-state index is 0.0851. The predicted molar refractivity (Wildman–Crippen MR) is 74.3 cm³/mol. The maximum Gasteiger partial charge on any atom is 0.269 e. The van der Waals surface area contributed by atoms with Crippen molar-refractivity contribution in [2.24, 2.45) is 0 Å². The summed E-state index contributed by atoms with van der Waals surface area (Å²) in [5.74, 6) is 0.451. The zero-order chi connectivity index (χ0) is 13.5. The molecule has 1 amide bonds. The third kappa shape index (κ3) is 4.44. The van der Waals surface area contributed by atoms with Crippen molar-refractivity contribution in [3.05, 3.63) is 23.9 Å². The van der Waals surface area contributed by atoms with Crippen molar-refractivity contribution in [3.8, 4) is 0 Å². The average Bonchev–Trinajstić information content (AvgIpc) is 2.38. The van der Waals surface area contributed by atoms with E-state index >= 15 is 0 Å². The zero-order valence-corrected chi connectivity index (χ0v) is 11.7. The van der Waals surface area contributed by atoms with Crippen molar-refractivity contribution in [2.75, 3.05) is 25.2 Å². The lowest BCUT2D eigenvalue weighted by molar-refractivity contribution is 0.0948. The summed E-state index contributed by atoms with van der Waals surface area (Å²) in [6, 6.07) is 5.23. The molecule has 2 N–H and O–H groups in total. The van der Waals surface area contributed by atoms with Crippen molar-refractivity contribution < 1.29 is 9.00 Å². The topological polar surface area (TPSA) is 71.1 Å². The summed E-state index contributed by atoms with van der Waals surface area (Å²) < 4.78 is 11.2. The second-order valence-corrected chi connectivity index (χ2v) is 5.81. The second-order valence-electron chi connectivity index (χ2n) is 4.01. The van der Waals surface area contributed by atoms with Gasteiger partial charge in [0.25, 0.3) is 5.91 Å². The molecule has 0 aromatic carbocycles. The van der Waals surface area contributed by atoms with Gasteiger partial charge in [-0.25, -0.2) is 4.98 Å². The molecule has 0 bridgehead atoms. The van der Waals surface area contributed by atoms with E-state index in [9.17, 15) is 9.00 Å². The Morgan fingerprint density at radius 3 is 2.83 bits per heavy atom. The first-order valence-corrected chi connectivity index (χ1v) is 7.42. The Kier molecular flexibility index (Phi) is 5.77. The number of anilines is 1. The van der Waals surface area contributed by atoms with Crippen molar-refractivity contribution in [2.45, 2.75) is 18.6 Å². The van der Waals surface area contributed by atoms with Gasteiger partial charge in [-0.15, -0.1) is 0 Å². The molecule has 1 aromatic rings. The third-order valence-electron chi connectivity index (χ3n) is 2.64. The molecule has 18 heavy (non-hydrogen) atoms. The van der Waals surface area contributed by atoms with Crippen molar-refractivity contribution in [1.29, 1.82) is 0 Å². The van der Waals surface area contributed by atoms with Crippen molar-refractivity contribution >= 4 is 22.5 Å². The van der Waals surface area contributed by atoms with Gasteiger partial charge in [0, 0.05) is 35.9 Å². The number of aromatic nitrogens is 1. The van der Waals surface area contributed by atoms with Crippen molar-refractivity contribution in [1.82, 2.24) is 10.3 Å². The van der Waals surface area contributed by atoms with Crippen LogP contribution in [0.15, 0.2) is 18.2 Å². The van der Waals surface area contributed by atoms with Crippen LogP contribution in [0.5, 0.6) is 0 Å². The summed E-state index contributed by atoms with van der Waals surface area (Å²) in [5, 5.41) is 5.74. The summed E-state index contributed by atoms with van der Waals surface area (Å²) in [6.07, 6.45) is 2.37. The second kappa shape index (κ2) is 7.10. The fourth-order valence-electron chi connectivity index (χ4n) is 1.35. The number of nitrogens with one attached hydrogen (secondary N) is 2. The highest BCUT2D eigenvalue weighted by atomic mass is 32.2. The van der Waals surface area contributed by atoms with Gasteiger partial charge in [-0.2, -0.15) is 0 Å². The Hall–Kier alpha value is -1.43. The van der Waals surface area contributed by atoms with E-state index in [0.717, 1.165) is 0 Å². The molecular weight excluding hydrogens is 250 g/mol. The molecule has 1 aromatic heterocycles. The fourth-order valence-corrected chi connectivity index (χ4v) is 1.80. The molecule has 1 rings (SSSR count). The summed E-state index contributed by atoms with van der Waals surface area (Å²) in [7, 11) is 0.901. The molecule has 0 saturated heterocycles. The van der Waals surface area contributed by atoms with Crippen LogP contribution in [0.1, 0.15) is 23.8 Å². The fraction of sp³-hybridized carbons (Fsp3) is 0.500. The van der Waals surface area contributed by atoms with E-state index in [4.69, 9.17) is 0 Å². The SMILES string of the molecule is CNc1cccc(C(=O)NCCC(C)S(C)=O)n1. The normalized spacial score (nSPS) is 13.7. The van der Waals surface area contributed by atoms with Gasteiger partial charge in [0.15, 0.2) is 0 Å². The van der Waals surface area contributed by atoms with E-state index in [-0.39, 0.29) is 11.2 Å². The molecular formula is C12H19N3O2S. The van der Waals surface area contributed by atoms with Crippen LogP contribution in [0.4, 0.5) is 5.82 Å². The Labute approximate surface area is 110 Å². The first kappa shape index (κ1) is 14.6. The predicted octanol–water partition coefficient (Wildman–Crippen LogP) is 1.01. The monoisotopic (exact) mass is 269 g/mol. The van der Waals surface area contributed by atoms with Crippen molar-refractivity contribution in [3.63, 3.8) is 0 Å². The molecule has 0 saturated carbocycles. The van der Waals surface area contributed by atoms with Crippen LogP contribution in [-0.4, -0.2) is 40.2 Å². The minimum Gasteiger partial charge on any atom is -0.373 e. The molecule has 1 heterocycles. The average molecular weight is 269 g/mol. The van der Waals surface area contributed by atoms with E-state index < -0.39 is 10.8 Å². The summed E-state index contributed by atoms with van der Waals surface area (Å²) >= 11 is 0. The molecule has 6 heteroatoms. The highest BCUT2D eigenvalue weighted by molar-refractivity contribution is 7.84.